The molecule has 0 atom stereocenters. The third kappa shape index (κ3) is 1.24. The zero-order valence-corrected chi connectivity index (χ0v) is 8.39. The molecule has 0 fully saturated rings. The topological polar surface area (TPSA) is 52.5 Å². The second-order valence-corrected chi connectivity index (χ2v) is 3.37. The molecule has 0 aliphatic rings. The average molecular weight is 206 g/mol. The number of aromatic nitrogens is 2. The van der Waals surface area contributed by atoms with Gasteiger partial charge in [-0.2, -0.15) is 5.26 Å². The maximum atomic E-state index is 8.91. The lowest BCUT2D eigenvalue weighted by Crippen LogP contribution is -1.81. The first-order chi connectivity index (χ1) is 6.76. The molecule has 0 saturated carbocycles. The number of aromatic amines is 1. The van der Waals surface area contributed by atoms with Crippen LogP contribution in [0, 0.1) is 11.3 Å². The summed E-state index contributed by atoms with van der Waals surface area (Å²) in [5.74, 6) is 0.874. The van der Waals surface area contributed by atoms with Crippen LogP contribution in [0.25, 0.3) is 11.0 Å². The molecule has 3 nitrogen and oxygen atoms in total. The van der Waals surface area contributed by atoms with E-state index < -0.39 is 0 Å². The zero-order chi connectivity index (χ0) is 10.1. The predicted octanol–water partition coefficient (Wildman–Crippen LogP) is 2.65. The van der Waals surface area contributed by atoms with Gasteiger partial charge in [-0.1, -0.05) is 18.5 Å². The summed E-state index contributed by atoms with van der Waals surface area (Å²) in [6.45, 7) is 2.01. The van der Waals surface area contributed by atoms with Gasteiger partial charge in [0.15, 0.2) is 0 Å². The van der Waals surface area contributed by atoms with Crippen molar-refractivity contribution in [3.63, 3.8) is 0 Å². The van der Waals surface area contributed by atoms with E-state index in [0.29, 0.717) is 16.1 Å². The van der Waals surface area contributed by atoms with Crippen LogP contribution in [0.15, 0.2) is 12.1 Å². The number of H-pyrrole nitrogens is 1. The van der Waals surface area contributed by atoms with E-state index >= 15 is 0 Å². The number of nitrogens with zero attached hydrogens (tertiary/aromatic N) is 2. The normalized spacial score (nSPS) is 10.4. The van der Waals surface area contributed by atoms with Crippen LogP contribution in [-0.4, -0.2) is 9.97 Å². The fourth-order valence-corrected chi connectivity index (χ4v) is 1.57. The minimum absolute atomic E-state index is 0.445. The van der Waals surface area contributed by atoms with Crippen molar-refractivity contribution in [3.8, 4) is 6.07 Å². The standard InChI is InChI=1S/C10H8ClN3/c1-2-9-13-8-4-3-7(11)6(5-12)10(8)14-9/h3-4H,2H2,1H3,(H,13,14). The summed E-state index contributed by atoms with van der Waals surface area (Å²) >= 11 is 5.88. The van der Waals surface area contributed by atoms with Crippen LogP contribution in [0.5, 0.6) is 0 Å². The second-order valence-electron chi connectivity index (χ2n) is 2.97. The van der Waals surface area contributed by atoms with Gasteiger partial charge in [0.25, 0.3) is 0 Å². The van der Waals surface area contributed by atoms with Crippen LogP contribution in [-0.2, 0) is 6.42 Å². The minimum atomic E-state index is 0.445. The van der Waals surface area contributed by atoms with Crippen LogP contribution < -0.4 is 0 Å². The van der Waals surface area contributed by atoms with Crippen molar-refractivity contribution in [2.24, 2.45) is 0 Å². The van der Waals surface area contributed by atoms with E-state index in [2.05, 4.69) is 16.0 Å². The Morgan fingerprint density at radius 2 is 2.36 bits per heavy atom. The summed E-state index contributed by atoms with van der Waals surface area (Å²) < 4.78 is 0. The van der Waals surface area contributed by atoms with E-state index in [4.69, 9.17) is 16.9 Å². The maximum Gasteiger partial charge on any atom is 0.108 e. The molecule has 2 aromatic rings. The summed E-state index contributed by atoms with van der Waals surface area (Å²) in [6, 6.07) is 5.61. The Balaban J connectivity index is 2.81. The Labute approximate surface area is 86.3 Å². The Morgan fingerprint density at radius 3 is 3.00 bits per heavy atom. The molecule has 0 spiro atoms. The van der Waals surface area contributed by atoms with E-state index in [-0.39, 0.29) is 0 Å². The van der Waals surface area contributed by atoms with E-state index in [1.165, 1.54) is 0 Å². The first-order valence-electron chi connectivity index (χ1n) is 4.33. The van der Waals surface area contributed by atoms with Crippen molar-refractivity contribution in [1.82, 2.24) is 9.97 Å². The van der Waals surface area contributed by atoms with E-state index in [9.17, 15) is 0 Å². The smallest absolute Gasteiger partial charge is 0.108 e. The Bertz CT molecular complexity index is 522. The van der Waals surface area contributed by atoms with Gasteiger partial charge < -0.3 is 4.98 Å². The third-order valence-electron chi connectivity index (χ3n) is 2.10. The summed E-state index contributed by atoms with van der Waals surface area (Å²) in [4.78, 5) is 7.43. The van der Waals surface area contributed by atoms with Gasteiger partial charge in [0, 0.05) is 6.42 Å². The number of aryl methyl sites for hydroxylation is 1. The third-order valence-corrected chi connectivity index (χ3v) is 2.41. The lowest BCUT2D eigenvalue weighted by molar-refractivity contribution is 1.00. The number of nitrogens with one attached hydrogen (secondary N) is 1. The lowest BCUT2D eigenvalue weighted by atomic mass is 10.2. The molecule has 0 aliphatic heterocycles. The molecule has 0 saturated heterocycles. The van der Waals surface area contributed by atoms with Crippen molar-refractivity contribution < 1.29 is 0 Å². The van der Waals surface area contributed by atoms with Gasteiger partial charge in [0.1, 0.15) is 17.4 Å². The van der Waals surface area contributed by atoms with Gasteiger partial charge in [-0.25, -0.2) is 4.98 Å². The molecule has 1 aromatic carbocycles. The number of rotatable bonds is 1. The molecule has 1 N–H and O–H groups in total. The van der Waals surface area contributed by atoms with E-state index in [0.717, 1.165) is 17.8 Å². The van der Waals surface area contributed by atoms with Gasteiger partial charge >= 0.3 is 0 Å². The van der Waals surface area contributed by atoms with Gasteiger partial charge in [-0.3, -0.25) is 0 Å². The van der Waals surface area contributed by atoms with Crippen molar-refractivity contribution >= 4 is 22.6 Å². The second kappa shape index (κ2) is 3.32. The van der Waals surface area contributed by atoms with Crippen LogP contribution >= 0.6 is 11.6 Å². The molecule has 0 bridgehead atoms. The van der Waals surface area contributed by atoms with Gasteiger partial charge in [-0.15, -0.1) is 0 Å². The molecule has 0 unspecified atom stereocenters. The number of halogens is 1. The number of benzene rings is 1. The molecule has 0 amide bonds. The van der Waals surface area contributed by atoms with Crippen molar-refractivity contribution in [3.05, 3.63) is 28.5 Å². The summed E-state index contributed by atoms with van der Waals surface area (Å²) in [7, 11) is 0. The van der Waals surface area contributed by atoms with Crippen LogP contribution in [0.1, 0.15) is 18.3 Å². The van der Waals surface area contributed by atoms with E-state index in [1.54, 1.807) is 6.07 Å². The molecule has 14 heavy (non-hydrogen) atoms. The monoisotopic (exact) mass is 205 g/mol. The molecular formula is C10H8ClN3. The molecule has 2 rings (SSSR count). The lowest BCUT2D eigenvalue weighted by Gasteiger charge is -1.93. The zero-order valence-electron chi connectivity index (χ0n) is 7.63. The number of fused-ring (bicyclic) bond motifs is 1. The van der Waals surface area contributed by atoms with Gasteiger partial charge in [0.05, 0.1) is 16.1 Å². The highest BCUT2D eigenvalue weighted by atomic mass is 35.5. The molecular weight excluding hydrogens is 198 g/mol. The van der Waals surface area contributed by atoms with Crippen LogP contribution in [0.2, 0.25) is 5.02 Å². The Kier molecular flexibility index (Phi) is 2.14. The largest absolute Gasteiger partial charge is 0.342 e. The Hall–Kier alpha value is -1.53. The number of hydrogen-bond donors (Lipinski definition) is 1. The first kappa shape index (κ1) is 9.04. The number of nitriles is 1. The fraction of sp³-hybridized carbons (Fsp3) is 0.200. The van der Waals surface area contributed by atoms with Crippen LogP contribution in [0.4, 0.5) is 0 Å². The molecule has 0 radical (unpaired) electrons. The molecule has 1 heterocycles. The van der Waals surface area contributed by atoms with Crippen molar-refractivity contribution in [2.75, 3.05) is 0 Å². The highest BCUT2D eigenvalue weighted by Gasteiger charge is 2.09. The fourth-order valence-electron chi connectivity index (χ4n) is 1.38. The van der Waals surface area contributed by atoms with Gasteiger partial charge in [0.2, 0.25) is 0 Å². The molecule has 70 valence electrons. The maximum absolute atomic E-state index is 8.91. The molecule has 1 aromatic heterocycles. The minimum Gasteiger partial charge on any atom is -0.342 e. The Morgan fingerprint density at radius 1 is 1.57 bits per heavy atom. The molecule has 4 heteroatoms. The van der Waals surface area contributed by atoms with Crippen molar-refractivity contribution in [1.29, 1.82) is 5.26 Å². The highest BCUT2D eigenvalue weighted by molar-refractivity contribution is 6.32. The quantitative estimate of drug-likeness (QED) is 0.778. The van der Waals surface area contributed by atoms with Crippen LogP contribution in [0.3, 0.4) is 0 Å². The summed E-state index contributed by atoms with van der Waals surface area (Å²) in [5.41, 5.74) is 1.97. The van der Waals surface area contributed by atoms with E-state index in [1.807, 2.05) is 13.0 Å². The SMILES string of the molecule is CCc1nc2c(C#N)c(Cl)ccc2[nH]1. The summed E-state index contributed by atoms with van der Waals surface area (Å²) in [6.07, 6.45) is 0.817. The average Bonchev–Trinajstić information content (AvgIpc) is 2.60. The number of hydrogen-bond acceptors (Lipinski definition) is 2. The predicted molar refractivity (Wildman–Crippen MR) is 55.2 cm³/mol. The highest BCUT2D eigenvalue weighted by Crippen LogP contribution is 2.23. The van der Waals surface area contributed by atoms with Crippen molar-refractivity contribution in [2.45, 2.75) is 13.3 Å². The summed E-state index contributed by atoms with van der Waals surface area (Å²) in [5, 5.41) is 9.36. The number of imidazole rings is 1. The first-order valence-corrected chi connectivity index (χ1v) is 4.71. The van der Waals surface area contributed by atoms with Gasteiger partial charge in [-0.05, 0) is 12.1 Å². The molecule has 0 aliphatic carbocycles.